The maximum atomic E-state index is 5.69. The smallest absolute Gasteiger partial charge is 0.119 e. The molecule has 2 rings (SSSR count). The van der Waals surface area contributed by atoms with Crippen LogP contribution < -0.4 is 10.1 Å². The van der Waals surface area contributed by atoms with Crippen LogP contribution in [0.15, 0.2) is 41.1 Å². The molecule has 0 aliphatic carbocycles. The highest BCUT2D eigenvalue weighted by Crippen LogP contribution is 2.15. The average Bonchev–Trinajstić information content (AvgIpc) is 2.88. The van der Waals surface area contributed by atoms with Crippen molar-refractivity contribution < 1.29 is 4.74 Å². The number of ether oxygens (including phenoxy) is 1. The van der Waals surface area contributed by atoms with Gasteiger partial charge in [-0.25, -0.2) is 0 Å². The van der Waals surface area contributed by atoms with Crippen molar-refractivity contribution in [3.8, 4) is 5.75 Å². The van der Waals surface area contributed by atoms with Gasteiger partial charge in [0.25, 0.3) is 0 Å². The van der Waals surface area contributed by atoms with E-state index in [2.05, 4.69) is 48.1 Å². The van der Waals surface area contributed by atoms with Crippen LogP contribution in [0.2, 0.25) is 0 Å². The number of thiophene rings is 1. The fourth-order valence-electron chi connectivity index (χ4n) is 1.79. The van der Waals surface area contributed by atoms with Crippen molar-refractivity contribution in [3.63, 3.8) is 0 Å². The number of hydrogen-bond acceptors (Lipinski definition) is 3. The van der Waals surface area contributed by atoms with Crippen LogP contribution >= 0.6 is 11.3 Å². The van der Waals surface area contributed by atoms with Gasteiger partial charge in [-0.3, -0.25) is 0 Å². The molecule has 18 heavy (non-hydrogen) atoms. The fourth-order valence-corrected chi connectivity index (χ4v) is 2.54. The Kier molecular flexibility index (Phi) is 4.79. The second-order valence-electron chi connectivity index (χ2n) is 4.40. The molecule has 1 heterocycles. The summed E-state index contributed by atoms with van der Waals surface area (Å²) in [6.45, 7) is 5.79. The van der Waals surface area contributed by atoms with Crippen LogP contribution in [0.3, 0.4) is 0 Å². The molecule has 0 aliphatic rings. The standard InChI is InChI=1S/C15H19NOS/c1-12-4-3-5-15(10-12)17-8-7-16-13(2)14-6-9-18-11-14/h3-6,9-11,13,16H,7-8H2,1-2H3. The monoisotopic (exact) mass is 261 g/mol. The molecule has 2 nitrogen and oxygen atoms in total. The van der Waals surface area contributed by atoms with Gasteiger partial charge in [0.05, 0.1) is 0 Å². The molecular formula is C15H19NOS. The summed E-state index contributed by atoms with van der Waals surface area (Å²) in [5, 5.41) is 7.74. The van der Waals surface area contributed by atoms with Crippen molar-refractivity contribution in [2.24, 2.45) is 0 Å². The largest absolute Gasteiger partial charge is 0.492 e. The Hall–Kier alpha value is -1.32. The predicted molar refractivity (Wildman–Crippen MR) is 77.4 cm³/mol. The van der Waals surface area contributed by atoms with Gasteiger partial charge in [-0.05, 0) is 53.9 Å². The molecule has 1 atom stereocenters. The Morgan fingerprint density at radius 3 is 2.94 bits per heavy atom. The average molecular weight is 261 g/mol. The van der Waals surface area contributed by atoms with E-state index in [1.54, 1.807) is 11.3 Å². The van der Waals surface area contributed by atoms with E-state index < -0.39 is 0 Å². The number of nitrogens with one attached hydrogen (secondary N) is 1. The van der Waals surface area contributed by atoms with Crippen molar-refractivity contribution in [3.05, 3.63) is 52.2 Å². The molecule has 1 N–H and O–H groups in total. The van der Waals surface area contributed by atoms with Gasteiger partial charge in [-0.15, -0.1) is 0 Å². The quantitative estimate of drug-likeness (QED) is 0.799. The van der Waals surface area contributed by atoms with Crippen molar-refractivity contribution in [2.45, 2.75) is 19.9 Å². The second-order valence-corrected chi connectivity index (χ2v) is 5.18. The lowest BCUT2D eigenvalue weighted by Crippen LogP contribution is -2.24. The Bertz CT molecular complexity index is 467. The zero-order chi connectivity index (χ0) is 12.8. The molecule has 0 saturated heterocycles. The predicted octanol–water partition coefficient (Wildman–Crippen LogP) is 3.79. The van der Waals surface area contributed by atoms with Gasteiger partial charge in [0.15, 0.2) is 0 Å². The van der Waals surface area contributed by atoms with Crippen LogP contribution in [0.4, 0.5) is 0 Å². The van der Waals surface area contributed by atoms with E-state index in [1.807, 2.05) is 12.1 Å². The highest BCUT2D eigenvalue weighted by molar-refractivity contribution is 7.07. The lowest BCUT2D eigenvalue weighted by atomic mass is 10.2. The molecule has 0 bridgehead atoms. The molecule has 1 aromatic carbocycles. The van der Waals surface area contributed by atoms with Gasteiger partial charge in [0.1, 0.15) is 12.4 Å². The van der Waals surface area contributed by atoms with Gasteiger partial charge in [-0.2, -0.15) is 11.3 Å². The topological polar surface area (TPSA) is 21.3 Å². The zero-order valence-corrected chi connectivity index (χ0v) is 11.7. The lowest BCUT2D eigenvalue weighted by molar-refractivity contribution is 0.307. The van der Waals surface area contributed by atoms with Gasteiger partial charge in [0.2, 0.25) is 0 Å². The molecule has 1 unspecified atom stereocenters. The Morgan fingerprint density at radius 2 is 2.22 bits per heavy atom. The minimum absolute atomic E-state index is 0.386. The normalized spacial score (nSPS) is 12.3. The van der Waals surface area contributed by atoms with E-state index in [1.165, 1.54) is 11.1 Å². The maximum Gasteiger partial charge on any atom is 0.119 e. The molecule has 0 fully saturated rings. The van der Waals surface area contributed by atoms with Crippen LogP contribution in [0.5, 0.6) is 5.75 Å². The van der Waals surface area contributed by atoms with Gasteiger partial charge in [0, 0.05) is 12.6 Å². The van der Waals surface area contributed by atoms with E-state index in [0.29, 0.717) is 12.6 Å². The van der Waals surface area contributed by atoms with Crippen LogP contribution in [-0.4, -0.2) is 13.2 Å². The SMILES string of the molecule is Cc1cccc(OCCNC(C)c2ccsc2)c1. The summed E-state index contributed by atoms with van der Waals surface area (Å²) < 4.78 is 5.69. The molecular weight excluding hydrogens is 242 g/mol. The number of benzene rings is 1. The van der Waals surface area contributed by atoms with Crippen LogP contribution in [0.1, 0.15) is 24.1 Å². The molecule has 0 aliphatic heterocycles. The molecule has 3 heteroatoms. The first kappa shape index (κ1) is 13.1. The zero-order valence-electron chi connectivity index (χ0n) is 10.8. The van der Waals surface area contributed by atoms with Gasteiger partial charge < -0.3 is 10.1 Å². The van der Waals surface area contributed by atoms with Crippen molar-refractivity contribution in [2.75, 3.05) is 13.2 Å². The summed E-state index contributed by atoms with van der Waals surface area (Å²) >= 11 is 1.73. The lowest BCUT2D eigenvalue weighted by Gasteiger charge is -2.13. The summed E-state index contributed by atoms with van der Waals surface area (Å²) in [5.41, 5.74) is 2.57. The summed E-state index contributed by atoms with van der Waals surface area (Å²) in [5.74, 6) is 0.944. The number of aryl methyl sites for hydroxylation is 1. The number of rotatable bonds is 6. The van der Waals surface area contributed by atoms with Crippen molar-refractivity contribution >= 4 is 11.3 Å². The third-order valence-corrected chi connectivity index (χ3v) is 3.56. The maximum absolute atomic E-state index is 5.69. The van der Waals surface area contributed by atoms with E-state index in [0.717, 1.165) is 12.3 Å². The molecule has 2 aromatic rings. The minimum Gasteiger partial charge on any atom is -0.492 e. The summed E-state index contributed by atoms with van der Waals surface area (Å²) in [7, 11) is 0. The first-order valence-corrected chi connectivity index (χ1v) is 7.15. The Balaban J connectivity index is 1.70. The molecule has 0 saturated carbocycles. The number of hydrogen-bond donors (Lipinski definition) is 1. The first-order valence-electron chi connectivity index (χ1n) is 6.20. The second kappa shape index (κ2) is 6.57. The summed E-state index contributed by atoms with van der Waals surface area (Å²) in [4.78, 5) is 0. The van der Waals surface area contributed by atoms with Crippen molar-refractivity contribution in [1.82, 2.24) is 5.32 Å². The Labute approximate surface area is 113 Å². The molecule has 96 valence electrons. The molecule has 1 aromatic heterocycles. The summed E-state index contributed by atoms with van der Waals surface area (Å²) in [6, 6.07) is 10.7. The highest BCUT2D eigenvalue weighted by Gasteiger charge is 2.04. The summed E-state index contributed by atoms with van der Waals surface area (Å²) in [6.07, 6.45) is 0. The van der Waals surface area contributed by atoms with E-state index in [-0.39, 0.29) is 0 Å². The molecule has 0 amide bonds. The highest BCUT2D eigenvalue weighted by atomic mass is 32.1. The molecule has 0 radical (unpaired) electrons. The third-order valence-electron chi connectivity index (χ3n) is 2.85. The van der Waals surface area contributed by atoms with Crippen LogP contribution in [0.25, 0.3) is 0 Å². The van der Waals surface area contributed by atoms with Crippen molar-refractivity contribution in [1.29, 1.82) is 0 Å². The van der Waals surface area contributed by atoms with E-state index >= 15 is 0 Å². The fraction of sp³-hybridized carbons (Fsp3) is 0.333. The van der Waals surface area contributed by atoms with Gasteiger partial charge in [-0.1, -0.05) is 12.1 Å². The van der Waals surface area contributed by atoms with Crippen LogP contribution in [-0.2, 0) is 0 Å². The van der Waals surface area contributed by atoms with E-state index in [4.69, 9.17) is 4.74 Å². The van der Waals surface area contributed by atoms with Crippen LogP contribution in [0, 0.1) is 6.92 Å². The van der Waals surface area contributed by atoms with Gasteiger partial charge >= 0.3 is 0 Å². The third kappa shape index (κ3) is 3.86. The first-order chi connectivity index (χ1) is 8.75. The van der Waals surface area contributed by atoms with E-state index in [9.17, 15) is 0 Å². The Morgan fingerprint density at radius 1 is 1.33 bits per heavy atom. The molecule has 0 spiro atoms. The minimum atomic E-state index is 0.386.